The van der Waals surface area contributed by atoms with Gasteiger partial charge in [-0.25, -0.2) is 9.97 Å². The standard InChI is InChI=1S/C21H21N5/c1-4-14-9-17(11-19(14)22-5-2)15-7-6-8-16(10-15)20-18-12-23-26-21(18)25-13(3)24-20/h4-8,10,12,17H,1,9,11H2,2-3H3,(H,23,24,25,26). The second kappa shape index (κ2) is 6.67. The third kappa shape index (κ3) is 2.86. The van der Waals surface area contributed by atoms with Crippen molar-refractivity contribution in [3.05, 3.63) is 65.8 Å². The summed E-state index contributed by atoms with van der Waals surface area (Å²) in [5.41, 5.74) is 6.48. The Bertz CT molecular complexity index is 1040. The summed E-state index contributed by atoms with van der Waals surface area (Å²) >= 11 is 0. The van der Waals surface area contributed by atoms with Crippen LogP contribution in [0.4, 0.5) is 0 Å². The molecule has 0 spiro atoms. The van der Waals surface area contributed by atoms with E-state index in [0.29, 0.717) is 5.92 Å². The van der Waals surface area contributed by atoms with Crippen LogP contribution >= 0.6 is 0 Å². The molecule has 0 radical (unpaired) electrons. The normalized spacial score (nSPS) is 17.5. The van der Waals surface area contributed by atoms with Gasteiger partial charge in [0.25, 0.3) is 0 Å². The highest BCUT2D eigenvalue weighted by atomic mass is 15.1. The number of hydrogen-bond donors (Lipinski definition) is 1. The molecule has 1 aromatic carbocycles. The van der Waals surface area contributed by atoms with E-state index < -0.39 is 0 Å². The minimum absolute atomic E-state index is 0.421. The quantitative estimate of drug-likeness (QED) is 0.696. The molecule has 1 atom stereocenters. The molecule has 1 N–H and O–H groups in total. The van der Waals surface area contributed by atoms with Crippen LogP contribution in [0.2, 0.25) is 0 Å². The molecule has 5 heteroatoms. The Hall–Kier alpha value is -3.08. The van der Waals surface area contributed by atoms with Crippen molar-refractivity contribution < 1.29 is 0 Å². The number of benzene rings is 1. The molecule has 4 rings (SSSR count). The maximum Gasteiger partial charge on any atom is 0.159 e. The van der Waals surface area contributed by atoms with Crippen LogP contribution < -0.4 is 0 Å². The molecule has 0 fully saturated rings. The summed E-state index contributed by atoms with van der Waals surface area (Å²) in [5.74, 6) is 1.16. The molecule has 2 heterocycles. The summed E-state index contributed by atoms with van der Waals surface area (Å²) in [6.07, 6.45) is 7.51. The third-order valence-electron chi connectivity index (χ3n) is 4.86. The van der Waals surface area contributed by atoms with Gasteiger partial charge in [0.1, 0.15) is 5.82 Å². The van der Waals surface area contributed by atoms with Crippen molar-refractivity contribution in [2.75, 3.05) is 0 Å². The van der Waals surface area contributed by atoms with Gasteiger partial charge in [-0.1, -0.05) is 30.9 Å². The van der Waals surface area contributed by atoms with Gasteiger partial charge in [-0.2, -0.15) is 5.10 Å². The van der Waals surface area contributed by atoms with Gasteiger partial charge in [-0.3, -0.25) is 10.1 Å². The Balaban J connectivity index is 1.72. The lowest BCUT2D eigenvalue weighted by Crippen LogP contribution is -1.97. The molecule has 1 aliphatic carbocycles. The maximum absolute atomic E-state index is 4.67. The molecule has 0 saturated carbocycles. The van der Waals surface area contributed by atoms with Crippen molar-refractivity contribution >= 4 is 17.2 Å². The van der Waals surface area contributed by atoms with E-state index in [9.17, 15) is 0 Å². The number of hydrogen-bond acceptors (Lipinski definition) is 4. The van der Waals surface area contributed by atoms with Gasteiger partial charge in [0.15, 0.2) is 5.65 Å². The van der Waals surface area contributed by atoms with Crippen molar-refractivity contribution in [2.24, 2.45) is 4.99 Å². The molecule has 1 unspecified atom stereocenters. The number of aryl methyl sites for hydroxylation is 1. The van der Waals surface area contributed by atoms with Crippen LogP contribution in [0.25, 0.3) is 22.3 Å². The van der Waals surface area contributed by atoms with Gasteiger partial charge in [0.05, 0.1) is 17.3 Å². The summed E-state index contributed by atoms with van der Waals surface area (Å²) < 4.78 is 0. The highest BCUT2D eigenvalue weighted by Gasteiger charge is 2.24. The molecule has 0 bridgehead atoms. The number of nitrogens with zero attached hydrogens (tertiary/aromatic N) is 4. The van der Waals surface area contributed by atoms with Gasteiger partial charge in [0.2, 0.25) is 0 Å². The third-order valence-corrected chi connectivity index (χ3v) is 4.86. The molecule has 5 nitrogen and oxygen atoms in total. The largest absolute Gasteiger partial charge is 0.266 e. The lowest BCUT2D eigenvalue weighted by atomic mass is 9.93. The highest BCUT2D eigenvalue weighted by Crippen LogP contribution is 2.40. The molecule has 0 amide bonds. The highest BCUT2D eigenvalue weighted by molar-refractivity contribution is 5.89. The zero-order valence-corrected chi connectivity index (χ0v) is 15.0. The fourth-order valence-corrected chi connectivity index (χ4v) is 3.65. The van der Waals surface area contributed by atoms with Crippen molar-refractivity contribution in [2.45, 2.75) is 32.6 Å². The molecule has 3 aromatic rings. The van der Waals surface area contributed by atoms with Crippen molar-refractivity contribution in [3.63, 3.8) is 0 Å². The van der Waals surface area contributed by atoms with Gasteiger partial charge in [-0.05, 0) is 49.8 Å². The van der Waals surface area contributed by atoms with E-state index in [1.165, 1.54) is 11.1 Å². The van der Waals surface area contributed by atoms with Crippen LogP contribution in [0, 0.1) is 6.92 Å². The van der Waals surface area contributed by atoms with Crippen LogP contribution in [-0.2, 0) is 0 Å². The second-order valence-corrected chi connectivity index (χ2v) is 6.55. The number of nitrogens with one attached hydrogen (secondary N) is 1. The van der Waals surface area contributed by atoms with E-state index in [1.807, 2.05) is 26.1 Å². The van der Waals surface area contributed by atoms with Crippen LogP contribution in [-0.4, -0.2) is 26.4 Å². The average Bonchev–Trinajstić information content (AvgIpc) is 3.28. The van der Waals surface area contributed by atoms with Crippen LogP contribution in [0.3, 0.4) is 0 Å². The lowest BCUT2D eigenvalue weighted by Gasteiger charge is -2.12. The minimum Gasteiger partial charge on any atom is -0.266 e. The first-order valence-corrected chi connectivity index (χ1v) is 8.80. The zero-order valence-electron chi connectivity index (χ0n) is 15.0. The first-order chi connectivity index (χ1) is 12.7. The molecule has 26 heavy (non-hydrogen) atoms. The van der Waals surface area contributed by atoms with E-state index >= 15 is 0 Å². The number of H-pyrrole nitrogens is 1. The number of aliphatic imine (C=N–C) groups is 1. The first-order valence-electron chi connectivity index (χ1n) is 8.80. The average molecular weight is 343 g/mol. The monoisotopic (exact) mass is 343 g/mol. The number of allylic oxidation sites excluding steroid dienone is 3. The van der Waals surface area contributed by atoms with Gasteiger partial charge < -0.3 is 0 Å². The Morgan fingerprint density at radius 1 is 1.27 bits per heavy atom. The van der Waals surface area contributed by atoms with Crippen LogP contribution in [0.15, 0.2) is 59.4 Å². The summed E-state index contributed by atoms with van der Waals surface area (Å²) in [4.78, 5) is 13.6. The van der Waals surface area contributed by atoms with E-state index in [2.05, 4.69) is 56.0 Å². The molecular weight excluding hydrogens is 322 g/mol. The summed E-state index contributed by atoms with van der Waals surface area (Å²) in [5, 5.41) is 8.00. The molecule has 130 valence electrons. The van der Waals surface area contributed by atoms with Crippen molar-refractivity contribution in [1.82, 2.24) is 20.2 Å². The number of rotatable bonds is 4. The number of aromatic nitrogens is 4. The molecule has 0 saturated heterocycles. The van der Waals surface area contributed by atoms with E-state index in [0.717, 1.165) is 46.7 Å². The maximum atomic E-state index is 4.67. The predicted octanol–water partition coefficient (Wildman–Crippen LogP) is 4.74. The van der Waals surface area contributed by atoms with E-state index in [1.54, 1.807) is 6.20 Å². The van der Waals surface area contributed by atoms with Crippen LogP contribution in [0.5, 0.6) is 0 Å². The van der Waals surface area contributed by atoms with Crippen molar-refractivity contribution in [1.29, 1.82) is 0 Å². The number of aromatic amines is 1. The smallest absolute Gasteiger partial charge is 0.159 e. The Kier molecular flexibility index (Phi) is 4.21. The Morgan fingerprint density at radius 2 is 2.15 bits per heavy atom. The summed E-state index contributed by atoms with van der Waals surface area (Å²) in [6.45, 7) is 7.80. The molecule has 2 aromatic heterocycles. The Labute approximate surface area is 152 Å². The molecular formula is C21H21N5. The predicted molar refractivity (Wildman–Crippen MR) is 105 cm³/mol. The fraction of sp³-hybridized carbons (Fsp3) is 0.238. The van der Waals surface area contributed by atoms with Gasteiger partial charge in [-0.15, -0.1) is 0 Å². The fourth-order valence-electron chi connectivity index (χ4n) is 3.65. The second-order valence-electron chi connectivity index (χ2n) is 6.55. The van der Waals surface area contributed by atoms with Crippen LogP contribution in [0.1, 0.15) is 37.1 Å². The minimum atomic E-state index is 0.421. The number of fused-ring (bicyclic) bond motifs is 1. The van der Waals surface area contributed by atoms with E-state index in [-0.39, 0.29) is 0 Å². The lowest BCUT2D eigenvalue weighted by molar-refractivity contribution is 0.733. The first kappa shape index (κ1) is 16.4. The van der Waals surface area contributed by atoms with Crippen molar-refractivity contribution in [3.8, 4) is 11.3 Å². The molecule has 1 aliphatic rings. The van der Waals surface area contributed by atoms with Gasteiger partial charge >= 0.3 is 0 Å². The Morgan fingerprint density at radius 3 is 2.96 bits per heavy atom. The summed E-state index contributed by atoms with van der Waals surface area (Å²) in [7, 11) is 0. The van der Waals surface area contributed by atoms with Gasteiger partial charge in [0, 0.05) is 17.5 Å². The molecule has 0 aliphatic heterocycles. The zero-order chi connectivity index (χ0) is 18.1. The SMILES string of the molecule is C=CC1=C(N=CC)CC(c2cccc(-c3nc(C)nc4[nH]ncc34)c2)C1. The topological polar surface area (TPSA) is 66.8 Å². The van der Waals surface area contributed by atoms with E-state index in [4.69, 9.17) is 0 Å². The summed E-state index contributed by atoms with van der Waals surface area (Å²) in [6, 6.07) is 8.62.